The Morgan fingerprint density at radius 3 is 2.68 bits per heavy atom. The summed E-state index contributed by atoms with van der Waals surface area (Å²) in [6.45, 7) is 0. The van der Waals surface area contributed by atoms with E-state index in [0.717, 1.165) is 26.9 Å². The molecule has 4 rings (SSSR count). The number of amides is 1. The van der Waals surface area contributed by atoms with Gasteiger partial charge in [-0.25, -0.2) is 4.98 Å². The van der Waals surface area contributed by atoms with Crippen molar-refractivity contribution < 1.29 is 9.53 Å². The summed E-state index contributed by atoms with van der Waals surface area (Å²) in [5.74, 6) is 0.704. The first-order chi connectivity index (χ1) is 12.2. The number of carbonyl (C=O) groups is 1. The average Bonchev–Trinajstić information content (AvgIpc) is 3.05. The van der Waals surface area contributed by atoms with Crippen molar-refractivity contribution in [3.63, 3.8) is 0 Å². The maximum atomic E-state index is 12.3. The van der Waals surface area contributed by atoms with Crippen molar-refractivity contribution in [3.8, 4) is 5.75 Å². The number of hydrogen-bond acceptors (Lipinski definition) is 4. The second-order valence-corrected chi connectivity index (χ2v) is 6.73. The zero-order chi connectivity index (χ0) is 17.2. The van der Waals surface area contributed by atoms with E-state index in [-0.39, 0.29) is 5.91 Å². The third-order valence-electron chi connectivity index (χ3n) is 4.05. The molecular weight excluding hydrogens is 332 g/mol. The average molecular weight is 348 g/mol. The first kappa shape index (κ1) is 15.6. The molecule has 0 spiro atoms. The van der Waals surface area contributed by atoms with Gasteiger partial charge < -0.3 is 10.1 Å². The van der Waals surface area contributed by atoms with Crippen LogP contribution in [0, 0.1) is 0 Å². The fourth-order valence-electron chi connectivity index (χ4n) is 2.80. The summed E-state index contributed by atoms with van der Waals surface area (Å²) in [7, 11) is 1.62. The van der Waals surface area contributed by atoms with Crippen molar-refractivity contribution in [2.24, 2.45) is 0 Å². The lowest BCUT2D eigenvalue weighted by atomic mass is 10.1. The number of carbonyl (C=O) groups excluding carboxylic acids is 1. The fraction of sp³-hybridized carbons (Fsp3) is 0.100. The van der Waals surface area contributed by atoms with E-state index < -0.39 is 0 Å². The molecule has 0 saturated heterocycles. The van der Waals surface area contributed by atoms with Crippen LogP contribution in [-0.2, 0) is 11.2 Å². The normalized spacial score (nSPS) is 10.9. The lowest BCUT2D eigenvalue weighted by Gasteiger charge is -2.03. The number of nitrogens with one attached hydrogen (secondary N) is 1. The van der Waals surface area contributed by atoms with Gasteiger partial charge in [0.15, 0.2) is 5.13 Å². The third kappa shape index (κ3) is 3.19. The van der Waals surface area contributed by atoms with E-state index in [1.165, 1.54) is 16.7 Å². The SMILES string of the molecule is COc1ccc(CC(=O)Nc2nc3ccc4ccccc4c3s2)cc1. The van der Waals surface area contributed by atoms with Crippen molar-refractivity contribution in [1.82, 2.24) is 4.98 Å². The van der Waals surface area contributed by atoms with Crippen LogP contribution in [0.15, 0.2) is 60.7 Å². The van der Waals surface area contributed by atoms with Crippen LogP contribution in [0.25, 0.3) is 21.0 Å². The molecule has 0 unspecified atom stereocenters. The standard InChI is InChI=1S/C20H16N2O2S/c1-24-15-9-6-13(7-10-15)12-18(23)22-20-21-17-11-8-14-4-2-3-5-16(14)19(17)25-20/h2-11H,12H2,1H3,(H,21,22,23). The minimum Gasteiger partial charge on any atom is -0.497 e. The second kappa shape index (κ2) is 6.53. The molecule has 4 nitrogen and oxygen atoms in total. The smallest absolute Gasteiger partial charge is 0.230 e. The quantitative estimate of drug-likeness (QED) is 0.584. The highest BCUT2D eigenvalue weighted by molar-refractivity contribution is 7.23. The van der Waals surface area contributed by atoms with E-state index in [1.807, 2.05) is 42.5 Å². The zero-order valence-corrected chi connectivity index (χ0v) is 14.5. The number of nitrogens with zero attached hydrogens (tertiary/aromatic N) is 1. The fourth-order valence-corrected chi connectivity index (χ4v) is 3.82. The molecule has 3 aromatic carbocycles. The van der Waals surface area contributed by atoms with Crippen LogP contribution in [0.4, 0.5) is 5.13 Å². The van der Waals surface area contributed by atoms with Crippen LogP contribution in [0.2, 0.25) is 0 Å². The summed E-state index contributed by atoms with van der Waals surface area (Å²) in [6, 6.07) is 19.7. The number of fused-ring (bicyclic) bond motifs is 3. The summed E-state index contributed by atoms with van der Waals surface area (Å²) >= 11 is 1.51. The molecule has 0 aliphatic rings. The lowest BCUT2D eigenvalue weighted by molar-refractivity contribution is -0.115. The van der Waals surface area contributed by atoms with Crippen molar-refractivity contribution in [3.05, 3.63) is 66.2 Å². The Morgan fingerprint density at radius 2 is 1.88 bits per heavy atom. The zero-order valence-electron chi connectivity index (χ0n) is 13.7. The second-order valence-electron chi connectivity index (χ2n) is 5.73. The van der Waals surface area contributed by atoms with Gasteiger partial charge in [0.25, 0.3) is 0 Å². The number of methoxy groups -OCH3 is 1. The highest BCUT2D eigenvalue weighted by Crippen LogP contribution is 2.32. The van der Waals surface area contributed by atoms with Crippen LogP contribution in [-0.4, -0.2) is 18.0 Å². The number of rotatable bonds is 4. The number of ether oxygens (including phenoxy) is 1. The molecule has 1 heterocycles. The largest absolute Gasteiger partial charge is 0.497 e. The molecule has 0 bridgehead atoms. The summed E-state index contributed by atoms with van der Waals surface area (Å²) in [6.07, 6.45) is 0.306. The van der Waals surface area contributed by atoms with Crippen molar-refractivity contribution in [2.45, 2.75) is 6.42 Å². The number of anilines is 1. The minimum absolute atomic E-state index is 0.0754. The van der Waals surface area contributed by atoms with E-state index in [2.05, 4.69) is 28.5 Å². The van der Waals surface area contributed by atoms with Gasteiger partial charge in [0.2, 0.25) is 5.91 Å². The van der Waals surface area contributed by atoms with Crippen molar-refractivity contribution in [1.29, 1.82) is 0 Å². The molecule has 5 heteroatoms. The van der Waals surface area contributed by atoms with E-state index >= 15 is 0 Å². The van der Waals surface area contributed by atoms with Gasteiger partial charge in [-0.1, -0.05) is 53.8 Å². The highest BCUT2D eigenvalue weighted by atomic mass is 32.1. The molecule has 124 valence electrons. The molecule has 1 aromatic heterocycles. The Balaban J connectivity index is 1.55. The molecule has 0 saturated carbocycles. The number of hydrogen-bond donors (Lipinski definition) is 1. The molecule has 1 amide bonds. The highest BCUT2D eigenvalue weighted by Gasteiger charge is 2.10. The summed E-state index contributed by atoms with van der Waals surface area (Å²) in [5, 5.41) is 5.88. The van der Waals surface area contributed by atoms with Gasteiger partial charge in [-0.15, -0.1) is 0 Å². The van der Waals surface area contributed by atoms with Gasteiger partial charge in [0, 0.05) is 5.39 Å². The van der Waals surface area contributed by atoms with E-state index in [1.54, 1.807) is 7.11 Å². The van der Waals surface area contributed by atoms with E-state index in [9.17, 15) is 4.79 Å². The molecule has 0 aliphatic heterocycles. The van der Waals surface area contributed by atoms with Gasteiger partial charge >= 0.3 is 0 Å². The van der Waals surface area contributed by atoms with Crippen molar-refractivity contribution >= 4 is 43.4 Å². The Bertz CT molecular complexity index is 1050. The molecule has 1 N–H and O–H groups in total. The number of thiazole rings is 1. The topological polar surface area (TPSA) is 51.2 Å². The maximum Gasteiger partial charge on any atom is 0.230 e. The minimum atomic E-state index is -0.0754. The molecular formula is C20H16N2O2S. The predicted octanol–water partition coefficient (Wildman–Crippen LogP) is 4.64. The van der Waals surface area contributed by atoms with Gasteiger partial charge in [0.1, 0.15) is 5.75 Å². The third-order valence-corrected chi connectivity index (χ3v) is 5.07. The number of benzene rings is 3. The van der Waals surface area contributed by atoms with Crippen LogP contribution >= 0.6 is 11.3 Å². The molecule has 0 radical (unpaired) electrons. The predicted molar refractivity (Wildman–Crippen MR) is 102 cm³/mol. The summed E-state index contributed by atoms with van der Waals surface area (Å²) < 4.78 is 6.22. The van der Waals surface area contributed by atoms with Crippen LogP contribution < -0.4 is 10.1 Å². The van der Waals surface area contributed by atoms with Crippen LogP contribution in [0.5, 0.6) is 5.75 Å². The monoisotopic (exact) mass is 348 g/mol. The number of aromatic nitrogens is 1. The Morgan fingerprint density at radius 1 is 1.08 bits per heavy atom. The summed E-state index contributed by atoms with van der Waals surface area (Å²) in [5.41, 5.74) is 1.84. The molecule has 0 aliphatic carbocycles. The van der Waals surface area contributed by atoms with Crippen molar-refractivity contribution in [2.75, 3.05) is 12.4 Å². The van der Waals surface area contributed by atoms with Gasteiger partial charge in [0.05, 0.1) is 23.7 Å². The Kier molecular flexibility index (Phi) is 4.07. The van der Waals surface area contributed by atoms with Crippen LogP contribution in [0.3, 0.4) is 0 Å². The van der Waals surface area contributed by atoms with Crippen LogP contribution in [0.1, 0.15) is 5.56 Å². The lowest BCUT2D eigenvalue weighted by Crippen LogP contribution is -2.14. The molecule has 4 aromatic rings. The van der Waals surface area contributed by atoms with Gasteiger partial charge in [-0.3, -0.25) is 4.79 Å². The molecule has 0 atom stereocenters. The molecule has 0 fully saturated rings. The first-order valence-electron chi connectivity index (χ1n) is 7.94. The van der Waals surface area contributed by atoms with E-state index in [4.69, 9.17) is 4.74 Å². The Hall–Kier alpha value is -2.92. The maximum absolute atomic E-state index is 12.3. The first-order valence-corrected chi connectivity index (χ1v) is 8.75. The van der Waals surface area contributed by atoms with Gasteiger partial charge in [-0.2, -0.15) is 0 Å². The van der Waals surface area contributed by atoms with Gasteiger partial charge in [-0.05, 0) is 29.1 Å². The Labute approximate surface area is 149 Å². The summed E-state index contributed by atoms with van der Waals surface area (Å²) in [4.78, 5) is 16.8. The molecule has 25 heavy (non-hydrogen) atoms. The van der Waals surface area contributed by atoms with E-state index in [0.29, 0.717) is 11.6 Å².